The van der Waals surface area contributed by atoms with E-state index in [1.807, 2.05) is 36.4 Å². The van der Waals surface area contributed by atoms with Crippen molar-refractivity contribution in [2.45, 2.75) is 87.8 Å². The summed E-state index contributed by atoms with van der Waals surface area (Å²) in [5.41, 5.74) is 5.46. The third-order valence-electron chi connectivity index (χ3n) is 8.81. The summed E-state index contributed by atoms with van der Waals surface area (Å²) in [6.07, 6.45) is 13.4. The van der Waals surface area contributed by atoms with Gasteiger partial charge in [-0.15, -0.1) is 0 Å². The van der Waals surface area contributed by atoms with Gasteiger partial charge >= 0.3 is 0 Å². The maximum Gasteiger partial charge on any atom is 0.209 e. The van der Waals surface area contributed by atoms with E-state index in [0.717, 1.165) is 88.1 Å². The fourth-order valence-corrected chi connectivity index (χ4v) is 7.41. The van der Waals surface area contributed by atoms with E-state index in [9.17, 15) is 23.0 Å². The molecule has 45 heavy (non-hydrogen) atoms. The minimum Gasteiger partial charge on any atom is -0.744 e. The van der Waals surface area contributed by atoms with Gasteiger partial charge in [-0.05, 0) is 91.1 Å². The first kappa shape index (κ1) is 35.0. The molecule has 2 aromatic carbocycles. The van der Waals surface area contributed by atoms with E-state index in [2.05, 4.69) is 60.7 Å². The van der Waals surface area contributed by atoms with Crippen LogP contribution in [0.3, 0.4) is 0 Å². The molecule has 1 unspecified atom stereocenters. The number of unbranched alkanes of at least 4 members (excludes halogenated alkanes) is 2. The third kappa shape index (κ3) is 7.57. The van der Waals surface area contributed by atoms with Crippen molar-refractivity contribution in [3.8, 4) is 0 Å². The standard InChI is InChI=1S/C34H42N2O7S2/c1-7-35-29-19-17-25(44-43-42-38)22-27(29)33(3,4)31(35)15-11-8-12-16-32-34(5,6)28-23-26(45(39,40)41)18-20-30(28)36(32)21-13-9-10-14-24(2)37/h8,11-12,15-20,22-23H,7,9-10,13-14,21H2,1-6H3,(H-,38,39,40,41). The Morgan fingerprint density at radius 3 is 2.42 bits per heavy atom. The van der Waals surface area contributed by atoms with Crippen LogP contribution in [0.15, 0.2) is 82.3 Å². The van der Waals surface area contributed by atoms with Crippen molar-refractivity contribution < 1.29 is 41.9 Å². The molecule has 0 aromatic heterocycles. The van der Waals surface area contributed by atoms with E-state index in [1.54, 1.807) is 13.0 Å². The zero-order chi connectivity index (χ0) is 33.0. The van der Waals surface area contributed by atoms with Crippen molar-refractivity contribution in [2.24, 2.45) is 0 Å². The second kappa shape index (κ2) is 14.3. The zero-order valence-electron chi connectivity index (χ0n) is 26.7. The minimum atomic E-state index is -4.58. The Hall–Kier alpha value is -2.90. The van der Waals surface area contributed by atoms with Gasteiger partial charge in [-0.2, -0.15) is 8.91 Å². The first-order chi connectivity index (χ1) is 21.2. The van der Waals surface area contributed by atoms with Crippen molar-refractivity contribution >= 4 is 45.0 Å². The van der Waals surface area contributed by atoms with Gasteiger partial charge in [-0.25, -0.2) is 8.42 Å². The normalized spacial score (nSPS) is 19.6. The molecule has 0 saturated heterocycles. The van der Waals surface area contributed by atoms with Crippen LogP contribution in [-0.4, -0.2) is 42.1 Å². The van der Waals surface area contributed by atoms with Crippen molar-refractivity contribution in [1.29, 1.82) is 0 Å². The first-order valence-corrected chi connectivity index (χ1v) is 17.3. The fourth-order valence-electron chi connectivity index (χ4n) is 6.52. The van der Waals surface area contributed by atoms with E-state index in [4.69, 9.17) is 0 Å². The summed E-state index contributed by atoms with van der Waals surface area (Å²) in [5, 5.41) is 13.8. The Morgan fingerprint density at radius 1 is 1.00 bits per heavy atom. The molecule has 0 bridgehead atoms. The summed E-state index contributed by atoms with van der Waals surface area (Å²) in [7, 11) is -4.58. The Morgan fingerprint density at radius 2 is 1.76 bits per heavy atom. The highest BCUT2D eigenvalue weighted by molar-refractivity contribution is 7.94. The van der Waals surface area contributed by atoms with Crippen molar-refractivity contribution in [1.82, 2.24) is 0 Å². The van der Waals surface area contributed by atoms with Crippen LogP contribution in [0, 0.1) is 0 Å². The summed E-state index contributed by atoms with van der Waals surface area (Å²) in [4.78, 5) is 13.1. The third-order valence-corrected chi connectivity index (χ3v) is 10.2. The summed E-state index contributed by atoms with van der Waals surface area (Å²) in [6, 6.07) is 10.6. The van der Waals surface area contributed by atoms with Crippen LogP contribution >= 0.6 is 12.0 Å². The SMILES string of the molecule is CC[N+]1=C(/C=C/C=C/C=C2/[NH+](CCCCCC(C)=O)c3ccc(S(=O)(=O)[O-])cc3C2(C)C)C(C)(C)c2cc(SOO[O-])ccc21. The monoisotopic (exact) mass is 654 g/mol. The first-order valence-electron chi connectivity index (χ1n) is 15.2. The zero-order valence-corrected chi connectivity index (χ0v) is 28.3. The second-order valence-corrected chi connectivity index (χ2v) is 14.7. The molecule has 242 valence electrons. The highest BCUT2D eigenvalue weighted by Crippen LogP contribution is 2.42. The molecule has 2 heterocycles. The lowest BCUT2D eigenvalue weighted by atomic mass is 9.81. The van der Waals surface area contributed by atoms with Crippen LogP contribution in [-0.2, 0) is 35.1 Å². The fraction of sp³-hybridized carbons (Fsp3) is 0.412. The topological polar surface area (TPSA) is 123 Å². The van der Waals surface area contributed by atoms with Crippen LogP contribution in [0.5, 0.6) is 0 Å². The summed E-state index contributed by atoms with van der Waals surface area (Å²) in [6.45, 7) is 13.7. The molecule has 9 nitrogen and oxygen atoms in total. The molecule has 0 saturated carbocycles. The number of hydrogen-bond acceptors (Lipinski definition) is 8. The molecule has 11 heteroatoms. The lowest BCUT2D eigenvalue weighted by Gasteiger charge is -2.21. The van der Waals surface area contributed by atoms with Crippen molar-refractivity contribution in [3.63, 3.8) is 0 Å². The predicted octanol–water partition coefficient (Wildman–Crippen LogP) is 4.87. The summed E-state index contributed by atoms with van der Waals surface area (Å²) in [5.74, 6) is 0.189. The lowest BCUT2D eigenvalue weighted by Crippen LogP contribution is -3.04. The Kier molecular flexibility index (Phi) is 11.1. The van der Waals surface area contributed by atoms with Crippen LogP contribution in [0.2, 0.25) is 0 Å². The van der Waals surface area contributed by atoms with Crippen LogP contribution in [0.25, 0.3) is 0 Å². The second-order valence-electron chi connectivity index (χ2n) is 12.5. The molecule has 0 spiro atoms. The molecule has 1 atom stereocenters. The van der Waals surface area contributed by atoms with Gasteiger partial charge in [0, 0.05) is 40.7 Å². The number of carbonyl (C=O) groups excluding carboxylic acids is 1. The Balaban J connectivity index is 1.60. The Bertz CT molecular complexity index is 1670. The van der Waals surface area contributed by atoms with Crippen LogP contribution < -0.4 is 10.2 Å². The number of benzene rings is 2. The quantitative estimate of drug-likeness (QED) is 0.0583. The van der Waals surface area contributed by atoms with Gasteiger partial charge in [0.2, 0.25) is 5.69 Å². The van der Waals surface area contributed by atoms with E-state index < -0.39 is 15.5 Å². The average Bonchev–Trinajstić information content (AvgIpc) is 3.32. The molecular weight excluding hydrogens is 613 g/mol. The molecule has 0 radical (unpaired) electrons. The lowest BCUT2D eigenvalue weighted by molar-refractivity contribution is -0.789. The van der Waals surface area contributed by atoms with Gasteiger partial charge in [-0.3, -0.25) is 9.94 Å². The maximum atomic E-state index is 11.8. The van der Waals surface area contributed by atoms with Gasteiger partial charge in [0.1, 0.15) is 33.8 Å². The van der Waals surface area contributed by atoms with E-state index >= 15 is 0 Å². The molecular formula is C34H42N2O7S2. The number of allylic oxidation sites excluding steroid dienone is 6. The van der Waals surface area contributed by atoms with Gasteiger partial charge < -0.3 is 14.6 Å². The van der Waals surface area contributed by atoms with Crippen molar-refractivity contribution in [3.05, 3.63) is 83.6 Å². The number of carbonyl (C=O) groups is 1. The molecule has 2 aliphatic rings. The number of ketones is 1. The van der Waals surface area contributed by atoms with Crippen molar-refractivity contribution in [2.75, 3.05) is 13.1 Å². The molecule has 2 aliphatic heterocycles. The highest BCUT2D eigenvalue weighted by atomic mass is 32.2. The van der Waals surface area contributed by atoms with E-state index in [-0.39, 0.29) is 16.1 Å². The molecule has 0 amide bonds. The van der Waals surface area contributed by atoms with Gasteiger partial charge in [0.05, 0.1) is 34.3 Å². The Labute approximate surface area is 270 Å². The number of nitrogens with zero attached hydrogens (tertiary/aromatic N) is 1. The average molecular weight is 655 g/mol. The molecule has 2 aromatic rings. The van der Waals surface area contributed by atoms with Crippen LogP contribution in [0.1, 0.15) is 78.4 Å². The molecule has 4 rings (SSSR count). The number of quaternary nitrogens is 1. The van der Waals surface area contributed by atoms with Gasteiger partial charge in [0.15, 0.2) is 5.71 Å². The molecule has 0 aliphatic carbocycles. The largest absolute Gasteiger partial charge is 0.744 e. The number of rotatable bonds is 14. The maximum absolute atomic E-state index is 11.8. The predicted molar refractivity (Wildman–Crippen MR) is 171 cm³/mol. The smallest absolute Gasteiger partial charge is 0.209 e. The number of hydrogen-bond donors (Lipinski definition) is 1. The number of Topliss-reactive ketones (excluding diaryl/α,β-unsaturated/α-hetero) is 1. The highest BCUT2D eigenvalue weighted by Gasteiger charge is 2.46. The van der Waals surface area contributed by atoms with E-state index in [1.165, 1.54) is 12.1 Å². The number of fused-ring (bicyclic) bond motifs is 2. The summed E-state index contributed by atoms with van der Waals surface area (Å²) < 4.78 is 42.3. The minimum absolute atomic E-state index is 0.189. The van der Waals surface area contributed by atoms with E-state index in [0.29, 0.717) is 6.42 Å². The van der Waals surface area contributed by atoms with Crippen LogP contribution in [0.4, 0.5) is 11.4 Å². The summed E-state index contributed by atoms with van der Waals surface area (Å²) >= 11 is 0.880. The van der Waals surface area contributed by atoms with Gasteiger partial charge in [0.25, 0.3) is 0 Å². The molecule has 0 fully saturated rings. The number of nitrogens with one attached hydrogen (secondary N) is 1. The van der Waals surface area contributed by atoms with Gasteiger partial charge in [-0.1, -0.05) is 18.2 Å². The molecule has 1 N–H and O–H groups in total.